The van der Waals surface area contributed by atoms with Crippen LogP contribution in [0.5, 0.6) is 0 Å². The second-order valence-electron chi connectivity index (χ2n) is 3.36. The molecule has 0 aromatic heterocycles. The van der Waals surface area contributed by atoms with Crippen molar-refractivity contribution in [1.29, 1.82) is 0 Å². The van der Waals surface area contributed by atoms with Gasteiger partial charge in [-0.2, -0.15) is 0 Å². The van der Waals surface area contributed by atoms with Gasteiger partial charge in [0, 0.05) is 25.3 Å². The lowest BCUT2D eigenvalue weighted by molar-refractivity contribution is 0.806. The Labute approximate surface area is 80.4 Å². The van der Waals surface area contributed by atoms with Gasteiger partial charge in [0.05, 0.1) is 0 Å². The Morgan fingerprint density at radius 1 is 1.38 bits per heavy atom. The molecule has 0 aliphatic heterocycles. The SMILES string of the molecule is CCN(C)c1ccccc1[C@H](C)N. The maximum atomic E-state index is 5.88. The molecule has 0 fully saturated rings. The number of hydrogen-bond donors (Lipinski definition) is 1. The zero-order valence-electron chi connectivity index (χ0n) is 8.62. The Balaban J connectivity index is 3.04. The molecule has 1 atom stereocenters. The standard InChI is InChI=1S/C11H18N2/c1-4-13(3)11-8-6-5-7-10(11)9(2)12/h5-9H,4,12H2,1-3H3/t9-/m0/s1. The van der Waals surface area contributed by atoms with E-state index < -0.39 is 0 Å². The van der Waals surface area contributed by atoms with Crippen molar-refractivity contribution in [2.75, 3.05) is 18.5 Å². The Morgan fingerprint density at radius 3 is 2.54 bits per heavy atom. The highest BCUT2D eigenvalue weighted by Gasteiger charge is 2.07. The van der Waals surface area contributed by atoms with E-state index in [0.29, 0.717) is 0 Å². The maximum absolute atomic E-state index is 5.88. The number of rotatable bonds is 3. The molecule has 0 heterocycles. The van der Waals surface area contributed by atoms with Crippen LogP contribution in [0.15, 0.2) is 24.3 Å². The summed E-state index contributed by atoms with van der Waals surface area (Å²) < 4.78 is 0. The van der Waals surface area contributed by atoms with Gasteiger partial charge in [0.1, 0.15) is 0 Å². The fourth-order valence-corrected chi connectivity index (χ4v) is 1.39. The first-order valence-corrected chi connectivity index (χ1v) is 4.72. The van der Waals surface area contributed by atoms with E-state index in [-0.39, 0.29) is 6.04 Å². The summed E-state index contributed by atoms with van der Waals surface area (Å²) >= 11 is 0. The van der Waals surface area contributed by atoms with Crippen LogP contribution in [-0.4, -0.2) is 13.6 Å². The molecule has 0 bridgehead atoms. The number of nitrogens with two attached hydrogens (primary N) is 1. The van der Waals surface area contributed by atoms with Gasteiger partial charge in [-0.05, 0) is 25.5 Å². The molecule has 2 N–H and O–H groups in total. The average Bonchev–Trinajstić information content (AvgIpc) is 2.16. The molecular weight excluding hydrogens is 160 g/mol. The lowest BCUT2D eigenvalue weighted by atomic mass is 10.1. The van der Waals surface area contributed by atoms with E-state index in [4.69, 9.17) is 5.73 Å². The minimum Gasteiger partial charge on any atom is -0.375 e. The van der Waals surface area contributed by atoms with Crippen LogP contribution < -0.4 is 10.6 Å². The molecule has 0 unspecified atom stereocenters. The van der Waals surface area contributed by atoms with Crippen LogP contribution in [0.4, 0.5) is 5.69 Å². The van der Waals surface area contributed by atoms with E-state index in [0.717, 1.165) is 6.54 Å². The number of anilines is 1. The topological polar surface area (TPSA) is 29.3 Å². The monoisotopic (exact) mass is 178 g/mol. The fraction of sp³-hybridized carbons (Fsp3) is 0.455. The third-order valence-corrected chi connectivity index (χ3v) is 2.31. The minimum atomic E-state index is 0.102. The highest BCUT2D eigenvalue weighted by atomic mass is 15.1. The molecule has 0 aliphatic rings. The number of benzene rings is 1. The second-order valence-corrected chi connectivity index (χ2v) is 3.36. The molecule has 1 rings (SSSR count). The van der Waals surface area contributed by atoms with Gasteiger partial charge in [-0.25, -0.2) is 0 Å². The maximum Gasteiger partial charge on any atom is 0.0411 e. The molecule has 0 aliphatic carbocycles. The fourth-order valence-electron chi connectivity index (χ4n) is 1.39. The number of para-hydroxylation sites is 1. The molecule has 1 aromatic rings. The quantitative estimate of drug-likeness (QED) is 0.768. The molecule has 0 spiro atoms. The van der Waals surface area contributed by atoms with Gasteiger partial charge in [0.15, 0.2) is 0 Å². The normalized spacial score (nSPS) is 12.6. The Morgan fingerprint density at radius 2 is 2.00 bits per heavy atom. The largest absolute Gasteiger partial charge is 0.375 e. The van der Waals surface area contributed by atoms with Gasteiger partial charge >= 0.3 is 0 Å². The predicted octanol–water partition coefficient (Wildman–Crippen LogP) is 2.16. The van der Waals surface area contributed by atoms with E-state index in [1.807, 2.05) is 19.1 Å². The summed E-state index contributed by atoms with van der Waals surface area (Å²) in [6.07, 6.45) is 0. The number of nitrogens with zero attached hydrogens (tertiary/aromatic N) is 1. The molecule has 13 heavy (non-hydrogen) atoms. The third kappa shape index (κ3) is 2.22. The van der Waals surface area contributed by atoms with Gasteiger partial charge in [-0.3, -0.25) is 0 Å². The summed E-state index contributed by atoms with van der Waals surface area (Å²) in [6.45, 7) is 5.16. The van der Waals surface area contributed by atoms with Crippen molar-refractivity contribution in [2.24, 2.45) is 5.73 Å². The highest BCUT2D eigenvalue weighted by molar-refractivity contribution is 5.54. The van der Waals surface area contributed by atoms with Crippen molar-refractivity contribution in [3.8, 4) is 0 Å². The van der Waals surface area contributed by atoms with E-state index in [9.17, 15) is 0 Å². The van der Waals surface area contributed by atoms with Crippen LogP contribution in [0.25, 0.3) is 0 Å². The van der Waals surface area contributed by atoms with Crippen LogP contribution in [0.2, 0.25) is 0 Å². The molecule has 2 nitrogen and oxygen atoms in total. The van der Waals surface area contributed by atoms with Gasteiger partial charge in [0.25, 0.3) is 0 Å². The van der Waals surface area contributed by atoms with Crippen LogP contribution in [0, 0.1) is 0 Å². The van der Waals surface area contributed by atoms with Gasteiger partial charge in [-0.1, -0.05) is 18.2 Å². The molecule has 0 amide bonds. The molecule has 0 saturated heterocycles. The molecule has 0 saturated carbocycles. The van der Waals surface area contributed by atoms with Crippen molar-refractivity contribution < 1.29 is 0 Å². The van der Waals surface area contributed by atoms with Crippen LogP contribution in [0.1, 0.15) is 25.5 Å². The van der Waals surface area contributed by atoms with E-state index in [1.54, 1.807) is 0 Å². The van der Waals surface area contributed by atoms with Crippen molar-refractivity contribution in [3.05, 3.63) is 29.8 Å². The highest BCUT2D eigenvalue weighted by Crippen LogP contribution is 2.23. The van der Waals surface area contributed by atoms with Crippen LogP contribution in [0.3, 0.4) is 0 Å². The third-order valence-electron chi connectivity index (χ3n) is 2.31. The smallest absolute Gasteiger partial charge is 0.0411 e. The average molecular weight is 178 g/mol. The second kappa shape index (κ2) is 4.28. The molecule has 0 radical (unpaired) electrons. The molecular formula is C11H18N2. The zero-order chi connectivity index (χ0) is 9.84. The molecule has 72 valence electrons. The minimum absolute atomic E-state index is 0.102. The van der Waals surface area contributed by atoms with Crippen LogP contribution in [-0.2, 0) is 0 Å². The summed E-state index contributed by atoms with van der Waals surface area (Å²) in [5.41, 5.74) is 8.33. The molecule has 2 heteroatoms. The first kappa shape index (κ1) is 10.1. The van der Waals surface area contributed by atoms with Crippen molar-refractivity contribution in [3.63, 3.8) is 0 Å². The Hall–Kier alpha value is -1.02. The van der Waals surface area contributed by atoms with E-state index in [2.05, 4.69) is 31.0 Å². The Kier molecular flexibility index (Phi) is 3.32. The summed E-state index contributed by atoms with van der Waals surface area (Å²) in [5.74, 6) is 0. The van der Waals surface area contributed by atoms with Gasteiger partial charge in [-0.15, -0.1) is 0 Å². The van der Waals surface area contributed by atoms with E-state index >= 15 is 0 Å². The predicted molar refractivity (Wildman–Crippen MR) is 58.0 cm³/mol. The van der Waals surface area contributed by atoms with Gasteiger partial charge in [0.2, 0.25) is 0 Å². The summed E-state index contributed by atoms with van der Waals surface area (Å²) in [4.78, 5) is 2.21. The lowest BCUT2D eigenvalue weighted by Crippen LogP contribution is -2.19. The van der Waals surface area contributed by atoms with Crippen molar-refractivity contribution in [1.82, 2.24) is 0 Å². The summed E-state index contributed by atoms with van der Waals surface area (Å²) in [5, 5.41) is 0. The van der Waals surface area contributed by atoms with Crippen molar-refractivity contribution in [2.45, 2.75) is 19.9 Å². The van der Waals surface area contributed by atoms with Crippen molar-refractivity contribution >= 4 is 5.69 Å². The lowest BCUT2D eigenvalue weighted by Gasteiger charge is -2.22. The first-order chi connectivity index (χ1) is 6.16. The summed E-state index contributed by atoms with van der Waals surface area (Å²) in [6, 6.07) is 8.39. The number of hydrogen-bond acceptors (Lipinski definition) is 2. The summed E-state index contributed by atoms with van der Waals surface area (Å²) in [7, 11) is 2.08. The van der Waals surface area contributed by atoms with Gasteiger partial charge < -0.3 is 10.6 Å². The first-order valence-electron chi connectivity index (χ1n) is 4.72. The van der Waals surface area contributed by atoms with Crippen LogP contribution >= 0.6 is 0 Å². The Bertz CT molecular complexity index is 269. The van der Waals surface area contributed by atoms with E-state index in [1.165, 1.54) is 11.3 Å². The molecule has 1 aromatic carbocycles. The zero-order valence-corrected chi connectivity index (χ0v) is 8.62.